The Labute approximate surface area is 138 Å². The van der Waals surface area contributed by atoms with E-state index >= 15 is 0 Å². The van der Waals surface area contributed by atoms with Gasteiger partial charge in [-0.15, -0.1) is 0 Å². The van der Waals surface area contributed by atoms with Crippen molar-refractivity contribution in [1.29, 1.82) is 5.26 Å². The van der Waals surface area contributed by atoms with Crippen molar-refractivity contribution in [2.45, 2.75) is 6.10 Å². The van der Waals surface area contributed by atoms with Gasteiger partial charge in [0.05, 0.1) is 18.7 Å². The molecule has 0 spiro atoms. The number of nitriles is 1. The SMILES string of the molecule is N#Cc1ccc(OC2CN(C(=O)COc3ccc(F)cc3)C2)nc1. The van der Waals surface area contributed by atoms with Crippen LogP contribution in [0.25, 0.3) is 0 Å². The monoisotopic (exact) mass is 327 g/mol. The highest BCUT2D eigenvalue weighted by Gasteiger charge is 2.32. The van der Waals surface area contributed by atoms with Crippen LogP contribution in [-0.4, -0.2) is 41.6 Å². The summed E-state index contributed by atoms with van der Waals surface area (Å²) in [6.45, 7) is 0.800. The first kappa shape index (κ1) is 15.7. The zero-order chi connectivity index (χ0) is 16.9. The zero-order valence-electron chi connectivity index (χ0n) is 12.7. The van der Waals surface area contributed by atoms with Gasteiger partial charge in [0.25, 0.3) is 5.91 Å². The van der Waals surface area contributed by atoms with Crippen molar-refractivity contribution in [1.82, 2.24) is 9.88 Å². The number of carbonyl (C=O) groups excluding carboxylic acids is 1. The fraction of sp³-hybridized carbons (Fsp3) is 0.235. The van der Waals surface area contributed by atoms with E-state index in [0.29, 0.717) is 30.3 Å². The van der Waals surface area contributed by atoms with Gasteiger partial charge in [0.15, 0.2) is 6.61 Å². The van der Waals surface area contributed by atoms with E-state index in [-0.39, 0.29) is 24.4 Å². The minimum atomic E-state index is -0.354. The second-order valence-corrected chi connectivity index (χ2v) is 5.28. The number of carbonyl (C=O) groups is 1. The summed E-state index contributed by atoms with van der Waals surface area (Å²) in [6.07, 6.45) is 1.31. The summed E-state index contributed by atoms with van der Waals surface area (Å²) in [5.74, 6) is 0.355. The van der Waals surface area contributed by atoms with E-state index in [4.69, 9.17) is 14.7 Å². The Kier molecular flexibility index (Phi) is 4.57. The van der Waals surface area contributed by atoms with E-state index in [1.807, 2.05) is 6.07 Å². The van der Waals surface area contributed by atoms with Gasteiger partial charge in [0, 0.05) is 12.3 Å². The Morgan fingerprint density at radius 3 is 2.67 bits per heavy atom. The smallest absolute Gasteiger partial charge is 0.260 e. The Morgan fingerprint density at radius 1 is 1.29 bits per heavy atom. The molecule has 0 unspecified atom stereocenters. The molecule has 1 aliphatic heterocycles. The van der Waals surface area contributed by atoms with Gasteiger partial charge < -0.3 is 14.4 Å². The van der Waals surface area contributed by atoms with Crippen molar-refractivity contribution >= 4 is 5.91 Å². The Balaban J connectivity index is 1.41. The minimum Gasteiger partial charge on any atom is -0.484 e. The molecular weight excluding hydrogens is 313 g/mol. The molecular formula is C17H14FN3O3. The van der Waals surface area contributed by atoms with Crippen molar-refractivity contribution in [3.63, 3.8) is 0 Å². The molecule has 1 aromatic carbocycles. The number of amides is 1. The van der Waals surface area contributed by atoms with Gasteiger partial charge in [-0.2, -0.15) is 5.26 Å². The third-order valence-corrected chi connectivity index (χ3v) is 3.53. The fourth-order valence-electron chi connectivity index (χ4n) is 2.17. The van der Waals surface area contributed by atoms with Crippen LogP contribution >= 0.6 is 0 Å². The molecule has 1 fully saturated rings. The number of nitrogens with zero attached hydrogens (tertiary/aromatic N) is 3. The second kappa shape index (κ2) is 6.96. The third-order valence-electron chi connectivity index (χ3n) is 3.53. The first-order valence-electron chi connectivity index (χ1n) is 7.33. The molecule has 2 aromatic rings. The molecule has 24 heavy (non-hydrogen) atoms. The average molecular weight is 327 g/mol. The number of halogens is 1. The minimum absolute atomic E-state index is 0.104. The lowest BCUT2D eigenvalue weighted by Crippen LogP contribution is -2.57. The van der Waals surface area contributed by atoms with Gasteiger partial charge >= 0.3 is 0 Å². The lowest BCUT2D eigenvalue weighted by atomic mass is 10.1. The van der Waals surface area contributed by atoms with Crippen LogP contribution in [0.4, 0.5) is 4.39 Å². The number of aromatic nitrogens is 1. The fourth-order valence-corrected chi connectivity index (χ4v) is 2.17. The maximum atomic E-state index is 12.8. The normalized spacial score (nSPS) is 13.8. The lowest BCUT2D eigenvalue weighted by Gasteiger charge is -2.38. The highest BCUT2D eigenvalue weighted by molar-refractivity contribution is 5.78. The first-order chi connectivity index (χ1) is 11.6. The van der Waals surface area contributed by atoms with Gasteiger partial charge in [0.1, 0.15) is 23.7 Å². The van der Waals surface area contributed by atoms with Crippen LogP contribution in [0.5, 0.6) is 11.6 Å². The number of benzene rings is 1. The number of hydrogen-bond donors (Lipinski definition) is 0. The Hall–Kier alpha value is -3.14. The van der Waals surface area contributed by atoms with Crippen molar-refractivity contribution in [3.8, 4) is 17.7 Å². The van der Waals surface area contributed by atoms with Crippen LogP contribution in [0.1, 0.15) is 5.56 Å². The molecule has 0 bridgehead atoms. The first-order valence-corrected chi connectivity index (χ1v) is 7.33. The summed E-state index contributed by atoms with van der Waals surface area (Å²) in [6, 6.07) is 10.7. The molecule has 0 N–H and O–H groups in total. The summed E-state index contributed by atoms with van der Waals surface area (Å²) in [4.78, 5) is 17.6. The van der Waals surface area contributed by atoms with Crippen molar-refractivity contribution in [2.75, 3.05) is 19.7 Å². The highest BCUT2D eigenvalue weighted by Crippen LogP contribution is 2.17. The highest BCUT2D eigenvalue weighted by atomic mass is 19.1. The predicted molar refractivity (Wildman–Crippen MR) is 81.8 cm³/mol. The quantitative estimate of drug-likeness (QED) is 0.836. The maximum absolute atomic E-state index is 12.8. The van der Waals surface area contributed by atoms with Crippen molar-refractivity contribution < 1.29 is 18.7 Å². The van der Waals surface area contributed by atoms with Gasteiger partial charge in [-0.25, -0.2) is 9.37 Å². The second-order valence-electron chi connectivity index (χ2n) is 5.28. The molecule has 122 valence electrons. The number of ether oxygens (including phenoxy) is 2. The van der Waals surface area contributed by atoms with E-state index in [1.165, 1.54) is 30.5 Å². The van der Waals surface area contributed by atoms with E-state index < -0.39 is 0 Å². The van der Waals surface area contributed by atoms with E-state index in [2.05, 4.69) is 4.98 Å². The molecule has 0 aliphatic carbocycles. The number of rotatable bonds is 5. The molecule has 7 heteroatoms. The van der Waals surface area contributed by atoms with E-state index in [0.717, 1.165) is 0 Å². The van der Waals surface area contributed by atoms with Crippen LogP contribution in [-0.2, 0) is 4.79 Å². The topological polar surface area (TPSA) is 75.5 Å². The van der Waals surface area contributed by atoms with Crippen LogP contribution in [0.3, 0.4) is 0 Å². The number of hydrogen-bond acceptors (Lipinski definition) is 5. The lowest BCUT2D eigenvalue weighted by molar-refractivity contribution is -0.142. The van der Waals surface area contributed by atoms with Crippen LogP contribution in [0.2, 0.25) is 0 Å². The Morgan fingerprint density at radius 2 is 2.04 bits per heavy atom. The molecule has 1 aromatic heterocycles. The van der Waals surface area contributed by atoms with Crippen molar-refractivity contribution in [2.24, 2.45) is 0 Å². The molecule has 0 atom stereocenters. The van der Waals surface area contributed by atoms with Crippen LogP contribution in [0.15, 0.2) is 42.6 Å². The summed E-state index contributed by atoms with van der Waals surface area (Å²) in [5.41, 5.74) is 0.464. The molecule has 0 radical (unpaired) electrons. The number of likely N-dealkylation sites (tertiary alicyclic amines) is 1. The number of pyridine rings is 1. The van der Waals surface area contributed by atoms with Gasteiger partial charge in [-0.05, 0) is 30.3 Å². The average Bonchev–Trinajstić information content (AvgIpc) is 2.57. The van der Waals surface area contributed by atoms with Gasteiger partial charge in [-0.3, -0.25) is 4.79 Å². The van der Waals surface area contributed by atoms with Gasteiger partial charge in [-0.1, -0.05) is 0 Å². The van der Waals surface area contributed by atoms with Crippen LogP contribution < -0.4 is 9.47 Å². The molecule has 2 heterocycles. The van der Waals surface area contributed by atoms with Gasteiger partial charge in [0.2, 0.25) is 5.88 Å². The summed E-state index contributed by atoms with van der Waals surface area (Å²) in [7, 11) is 0. The van der Waals surface area contributed by atoms with Crippen molar-refractivity contribution in [3.05, 3.63) is 54.0 Å². The molecule has 1 aliphatic rings. The Bertz CT molecular complexity index is 750. The summed E-state index contributed by atoms with van der Waals surface area (Å²) >= 11 is 0. The molecule has 3 rings (SSSR count). The molecule has 0 saturated carbocycles. The molecule has 1 amide bonds. The predicted octanol–water partition coefficient (Wildman–Crippen LogP) is 1.76. The maximum Gasteiger partial charge on any atom is 0.260 e. The van der Waals surface area contributed by atoms with E-state index in [9.17, 15) is 9.18 Å². The summed E-state index contributed by atoms with van der Waals surface area (Å²) < 4.78 is 23.7. The zero-order valence-corrected chi connectivity index (χ0v) is 12.7. The van der Waals surface area contributed by atoms with E-state index in [1.54, 1.807) is 17.0 Å². The largest absolute Gasteiger partial charge is 0.484 e. The standard InChI is InChI=1S/C17H14FN3O3/c18-13-2-4-14(5-3-13)23-11-17(22)21-9-15(10-21)24-16-6-1-12(7-19)8-20-16/h1-6,8,15H,9-11H2. The molecule has 1 saturated heterocycles. The summed E-state index contributed by atoms with van der Waals surface area (Å²) in [5, 5.41) is 8.70. The van der Waals surface area contributed by atoms with Crippen LogP contribution in [0, 0.1) is 17.1 Å². The molecule has 6 nitrogen and oxygen atoms in total. The third kappa shape index (κ3) is 3.79.